The highest BCUT2D eigenvalue weighted by atomic mass is 79.9. The molecule has 0 saturated heterocycles. The smallest absolute Gasteiger partial charge is 0.306 e. The van der Waals surface area contributed by atoms with Gasteiger partial charge in [0.15, 0.2) is 0 Å². The van der Waals surface area contributed by atoms with E-state index < -0.39 is 12.1 Å². The van der Waals surface area contributed by atoms with Crippen LogP contribution in [0.2, 0.25) is 5.02 Å². The predicted molar refractivity (Wildman–Crippen MR) is 74.5 cm³/mol. The van der Waals surface area contributed by atoms with Gasteiger partial charge in [-0.3, -0.25) is 9.59 Å². The van der Waals surface area contributed by atoms with Crippen molar-refractivity contribution in [3.8, 4) is 0 Å². The van der Waals surface area contributed by atoms with Gasteiger partial charge in [-0.2, -0.15) is 0 Å². The molecule has 0 aliphatic heterocycles. The van der Waals surface area contributed by atoms with E-state index in [-0.39, 0.29) is 18.9 Å². The van der Waals surface area contributed by atoms with Crippen LogP contribution in [0.4, 0.5) is 0 Å². The van der Waals surface area contributed by atoms with Crippen molar-refractivity contribution in [2.24, 2.45) is 0 Å². The molecular formula is C12H13BrClNO4. The van der Waals surface area contributed by atoms with Crippen molar-refractivity contribution in [3.05, 3.63) is 33.3 Å². The molecule has 0 heterocycles. The summed E-state index contributed by atoms with van der Waals surface area (Å²) in [7, 11) is 1.40. The topological polar surface area (TPSA) is 75.6 Å². The molecular weight excluding hydrogens is 337 g/mol. The third kappa shape index (κ3) is 5.18. The van der Waals surface area contributed by atoms with Crippen molar-refractivity contribution in [1.29, 1.82) is 0 Å². The molecule has 1 amide bonds. The molecule has 1 atom stereocenters. The number of halogens is 2. The average Bonchev–Trinajstić information content (AvgIpc) is 2.36. The summed E-state index contributed by atoms with van der Waals surface area (Å²) in [4.78, 5) is 22.5. The van der Waals surface area contributed by atoms with Gasteiger partial charge in [0.25, 0.3) is 5.91 Å². The fourth-order valence-electron chi connectivity index (χ4n) is 1.41. The number of carbonyl (C=O) groups is 2. The molecule has 0 radical (unpaired) electrons. The summed E-state index contributed by atoms with van der Waals surface area (Å²) >= 11 is 9.07. The van der Waals surface area contributed by atoms with Crippen molar-refractivity contribution in [3.63, 3.8) is 0 Å². The normalized spacial score (nSPS) is 11.9. The Morgan fingerprint density at radius 2 is 2.21 bits per heavy atom. The summed E-state index contributed by atoms with van der Waals surface area (Å²) in [5.74, 6) is -1.33. The van der Waals surface area contributed by atoms with Crippen LogP contribution in [0.25, 0.3) is 0 Å². The maximum atomic E-state index is 11.9. The Kier molecular flexibility index (Phi) is 6.27. The molecule has 0 saturated carbocycles. The Hall–Kier alpha value is -1.11. The van der Waals surface area contributed by atoms with E-state index in [2.05, 4.69) is 21.2 Å². The second-order valence-corrected chi connectivity index (χ2v) is 5.08. The molecule has 0 bridgehead atoms. The van der Waals surface area contributed by atoms with E-state index in [9.17, 15) is 9.59 Å². The monoisotopic (exact) mass is 349 g/mol. The molecule has 1 aromatic carbocycles. The van der Waals surface area contributed by atoms with Gasteiger partial charge in [-0.15, -0.1) is 0 Å². The number of amides is 1. The van der Waals surface area contributed by atoms with Crippen LogP contribution in [0.15, 0.2) is 22.7 Å². The number of aliphatic carboxylic acids is 1. The van der Waals surface area contributed by atoms with E-state index >= 15 is 0 Å². The van der Waals surface area contributed by atoms with Gasteiger partial charge >= 0.3 is 5.97 Å². The summed E-state index contributed by atoms with van der Waals surface area (Å²) < 4.78 is 5.58. The lowest BCUT2D eigenvalue weighted by atomic mass is 10.2. The number of carboxylic acid groups (broad SMARTS) is 1. The second kappa shape index (κ2) is 7.47. The number of carboxylic acids is 1. The first-order chi connectivity index (χ1) is 8.93. The number of hydrogen-bond acceptors (Lipinski definition) is 3. The van der Waals surface area contributed by atoms with E-state index in [4.69, 9.17) is 21.4 Å². The van der Waals surface area contributed by atoms with Crippen molar-refractivity contribution in [2.45, 2.75) is 12.5 Å². The molecule has 0 aliphatic carbocycles. The quantitative estimate of drug-likeness (QED) is 0.825. The highest BCUT2D eigenvalue weighted by Crippen LogP contribution is 2.21. The van der Waals surface area contributed by atoms with E-state index in [0.29, 0.717) is 15.1 Å². The Bertz CT molecular complexity index is 481. The minimum Gasteiger partial charge on any atom is -0.481 e. The van der Waals surface area contributed by atoms with Crippen LogP contribution >= 0.6 is 27.5 Å². The van der Waals surface area contributed by atoms with Crippen LogP contribution in [0.5, 0.6) is 0 Å². The van der Waals surface area contributed by atoms with Gasteiger partial charge in [0.05, 0.1) is 18.1 Å². The van der Waals surface area contributed by atoms with Gasteiger partial charge in [-0.25, -0.2) is 0 Å². The van der Waals surface area contributed by atoms with Crippen molar-refractivity contribution in [2.75, 3.05) is 13.7 Å². The molecule has 19 heavy (non-hydrogen) atoms. The molecule has 1 rings (SSSR count). The highest BCUT2D eigenvalue weighted by molar-refractivity contribution is 9.10. The van der Waals surface area contributed by atoms with Crippen LogP contribution in [-0.2, 0) is 9.53 Å². The standard InChI is InChI=1S/C12H13BrClNO4/c1-19-8(5-11(16)17)6-15-12(18)9-4-7(14)2-3-10(9)13/h2-4,8H,5-6H2,1H3,(H,15,18)(H,16,17). The van der Waals surface area contributed by atoms with Gasteiger partial charge in [-0.05, 0) is 34.1 Å². The maximum Gasteiger partial charge on any atom is 0.306 e. The zero-order valence-electron chi connectivity index (χ0n) is 10.2. The lowest BCUT2D eigenvalue weighted by Crippen LogP contribution is -2.34. The van der Waals surface area contributed by atoms with Crippen LogP contribution in [0, 0.1) is 0 Å². The number of benzene rings is 1. The van der Waals surface area contributed by atoms with Crippen LogP contribution in [0.3, 0.4) is 0 Å². The van der Waals surface area contributed by atoms with Crippen molar-refractivity contribution in [1.82, 2.24) is 5.32 Å². The SMILES string of the molecule is COC(CNC(=O)c1cc(Cl)ccc1Br)CC(=O)O. The predicted octanol–water partition coefficient (Wildman–Crippen LogP) is 2.32. The Labute approximate surface area is 124 Å². The highest BCUT2D eigenvalue weighted by Gasteiger charge is 2.15. The first kappa shape index (κ1) is 15.9. The fraction of sp³-hybridized carbons (Fsp3) is 0.333. The first-order valence-electron chi connectivity index (χ1n) is 5.42. The number of nitrogens with one attached hydrogen (secondary N) is 1. The summed E-state index contributed by atoms with van der Waals surface area (Å²) in [5, 5.41) is 11.7. The number of hydrogen-bond donors (Lipinski definition) is 2. The largest absolute Gasteiger partial charge is 0.481 e. The molecule has 0 fully saturated rings. The Morgan fingerprint density at radius 1 is 1.53 bits per heavy atom. The molecule has 7 heteroatoms. The van der Waals surface area contributed by atoms with Gasteiger partial charge in [0, 0.05) is 23.1 Å². The average molecular weight is 351 g/mol. The zero-order chi connectivity index (χ0) is 14.4. The van der Waals surface area contributed by atoms with E-state index in [1.807, 2.05) is 0 Å². The second-order valence-electron chi connectivity index (χ2n) is 3.79. The number of ether oxygens (including phenoxy) is 1. The van der Waals surface area contributed by atoms with Crippen molar-refractivity contribution < 1.29 is 19.4 Å². The minimum absolute atomic E-state index is 0.112. The molecule has 0 spiro atoms. The molecule has 1 unspecified atom stereocenters. The number of carbonyl (C=O) groups excluding carboxylic acids is 1. The minimum atomic E-state index is -0.981. The lowest BCUT2D eigenvalue weighted by molar-refractivity contribution is -0.139. The van der Waals surface area contributed by atoms with Crippen molar-refractivity contribution >= 4 is 39.4 Å². The summed E-state index contributed by atoms with van der Waals surface area (Å²) in [5.41, 5.74) is 0.387. The number of methoxy groups -OCH3 is 1. The summed E-state index contributed by atoms with van der Waals surface area (Å²) in [6.07, 6.45) is -0.743. The molecule has 2 N–H and O–H groups in total. The Balaban J connectivity index is 2.64. The molecule has 0 aliphatic rings. The van der Waals surface area contributed by atoms with E-state index in [0.717, 1.165) is 0 Å². The molecule has 0 aromatic heterocycles. The maximum absolute atomic E-state index is 11.9. The van der Waals surface area contributed by atoms with Crippen LogP contribution < -0.4 is 5.32 Å². The number of rotatable bonds is 6. The molecule has 1 aromatic rings. The van der Waals surface area contributed by atoms with Gasteiger partial charge < -0.3 is 15.2 Å². The van der Waals surface area contributed by atoms with E-state index in [1.165, 1.54) is 13.2 Å². The van der Waals surface area contributed by atoms with Gasteiger partial charge in [0.2, 0.25) is 0 Å². The molecule has 5 nitrogen and oxygen atoms in total. The third-order valence-corrected chi connectivity index (χ3v) is 3.33. The van der Waals surface area contributed by atoms with Gasteiger partial charge in [0.1, 0.15) is 0 Å². The molecule has 104 valence electrons. The van der Waals surface area contributed by atoms with Crippen LogP contribution in [0.1, 0.15) is 16.8 Å². The first-order valence-corrected chi connectivity index (χ1v) is 6.59. The van der Waals surface area contributed by atoms with Crippen LogP contribution in [-0.4, -0.2) is 36.7 Å². The lowest BCUT2D eigenvalue weighted by Gasteiger charge is -2.14. The zero-order valence-corrected chi connectivity index (χ0v) is 12.5. The van der Waals surface area contributed by atoms with E-state index in [1.54, 1.807) is 12.1 Å². The third-order valence-electron chi connectivity index (χ3n) is 2.40. The summed E-state index contributed by atoms with van der Waals surface area (Å²) in [6, 6.07) is 4.85. The van der Waals surface area contributed by atoms with Gasteiger partial charge in [-0.1, -0.05) is 11.6 Å². The fourth-order valence-corrected chi connectivity index (χ4v) is 2.01. The summed E-state index contributed by atoms with van der Waals surface area (Å²) in [6.45, 7) is 0.112. The Morgan fingerprint density at radius 3 is 2.79 bits per heavy atom.